The predicted octanol–water partition coefficient (Wildman–Crippen LogP) is 1.21. The highest BCUT2D eigenvalue weighted by Crippen LogP contribution is 2.21. The SMILES string of the molecule is C=CCNC(=S)N(C[C@@H]1CCCO1)c1c(N)n(Cc2ccccc2)c(=O)[nH]c1=O. The zero-order valence-electron chi connectivity index (χ0n) is 16.1. The molecule has 0 amide bonds. The van der Waals surface area contributed by atoms with Gasteiger partial charge in [-0.25, -0.2) is 4.79 Å². The summed E-state index contributed by atoms with van der Waals surface area (Å²) in [4.78, 5) is 29.2. The maximum atomic E-state index is 12.7. The number of benzene rings is 1. The van der Waals surface area contributed by atoms with Gasteiger partial charge in [-0.3, -0.25) is 14.3 Å². The molecule has 2 aromatic rings. The molecule has 8 nitrogen and oxygen atoms in total. The molecule has 4 N–H and O–H groups in total. The molecule has 1 saturated heterocycles. The van der Waals surface area contributed by atoms with Crippen molar-refractivity contribution in [3.63, 3.8) is 0 Å². The Hall–Kier alpha value is -2.91. The molecule has 0 radical (unpaired) electrons. The lowest BCUT2D eigenvalue weighted by molar-refractivity contribution is 0.117. The van der Waals surface area contributed by atoms with Gasteiger partial charge in [-0.15, -0.1) is 6.58 Å². The van der Waals surface area contributed by atoms with E-state index in [1.165, 1.54) is 4.57 Å². The van der Waals surface area contributed by atoms with Crippen molar-refractivity contribution in [3.8, 4) is 0 Å². The largest absolute Gasteiger partial charge is 0.383 e. The van der Waals surface area contributed by atoms with E-state index in [9.17, 15) is 9.59 Å². The number of anilines is 2. The summed E-state index contributed by atoms with van der Waals surface area (Å²) in [6.45, 7) is 5.37. The van der Waals surface area contributed by atoms with Crippen LogP contribution in [0.4, 0.5) is 11.5 Å². The number of hydrogen-bond acceptors (Lipinski definition) is 5. The summed E-state index contributed by atoms with van der Waals surface area (Å²) in [6, 6.07) is 9.41. The van der Waals surface area contributed by atoms with Gasteiger partial charge in [-0.1, -0.05) is 36.4 Å². The molecule has 154 valence electrons. The van der Waals surface area contributed by atoms with Crippen molar-refractivity contribution in [2.24, 2.45) is 0 Å². The quantitative estimate of drug-likeness (QED) is 0.461. The number of hydrogen-bond donors (Lipinski definition) is 3. The third-order valence-electron chi connectivity index (χ3n) is 4.72. The summed E-state index contributed by atoms with van der Waals surface area (Å²) in [5, 5.41) is 3.35. The maximum Gasteiger partial charge on any atom is 0.330 e. The lowest BCUT2D eigenvalue weighted by Gasteiger charge is -2.29. The highest BCUT2D eigenvalue weighted by atomic mass is 32.1. The van der Waals surface area contributed by atoms with E-state index >= 15 is 0 Å². The Balaban J connectivity index is 2.02. The van der Waals surface area contributed by atoms with Gasteiger partial charge in [0.2, 0.25) is 0 Å². The average molecular weight is 416 g/mol. The summed E-state index contributed by atoms with van der Waals surface area (Å²) in [5.74, 6) is 0.0587. The molecule has 1 aromatic heterocycles. The van der Waals surface area contributed by atoms with Gasteiger partial charge in [0.25, 0.3) is 5.56 Å². The average Bonchev–Trinajstić information content (AvgIpc) is 3.22. The third-order valence-corrected chi connectivity index (χ3v) is 5.09. The smallest absolute Gasteiger partial charge is 0.330 e. The molecule has 0 unspecified atom stereocenters. The minimum Gasteiger partial charge on any atom is -0.383 e. The second kappa shape index (κ2) is 9.53. The summed E-state index contributed by atoms with van der Waals surface area (Å²) in [6.07, 6.45) is 3.40. The molecule has 3 rings (SSSR count). The first-order chi connectivity index (χ1) is 14.0. The normalized spacial score (nSPS) is 15.8. The van der Waals surface area contributed by atoms with Crippen molar-refractivity contribution < 1.29 is 4.74 Å². The van der Waals surface area contributed by atoms with Crippen LogP contribution in [-0.2, 0) is 11.3 Å². The van der Waals surface area contributed by atoms with E-state index in [0.717, 1.165) is 18.4 Å². The zero-order chi connectivity index (χ0) is 20.8. The highest BCUT2D eigenvalue weighted by molar-refractivity contribution is 7.80. The van der Waals surface area contributed by atoms with Crippen LogP contribution in [0.25, 0.3) is 0 Å². The maximum absolute atomic E-state index is 12.7. The van der Waals surface area contributed by atoms with E-state index in [1.54, 1.807) is 11.0 Å². The van der Waals surface area contributed by atoms with E-state index < -0.39 is 11.2 Å². The van der Waals surface area contributed by atoms with Crippen molar-refractivity contribution in [2.75, 3.05) is 30.3 Å². The Labute approximate surface area is 174 Å². The van der Waals surface area contributed by atoms with Crippen molar-refractivity contribution in [2.45, 2.75) is 25.5 Å². The van der Waals surface area contributed by atoms with Gasteiger partial charge in [-0.05, 0) is 30.6 Å². The van der Waals surface area contributed by atoms with Crippen molar-refractivity contribution >= 4 is 28.8 Å². The van der Waals surface area contributed by atoms with Gasteiger partial charge < -0.3 is 20.7 Å². The predicted molar refractivity (Wildman–Crippen MR) is 118 cm³/mol. The number of aromatic amines is 1. The number of nitrogens with zero attached hydrogens (tertiary/aromatic N) is 2. The number of rotatable bonds is 7. The molecule has 1 fully saturated rings. The Morgan fingerprint density at radius 1 is 1.41 bits per heavy atom. The molecule has 1 aromatic carbocycles. The molecule has 0 bridgehead atoms. The summed E-state index contributed by atoms with van der Waals surface area (Å²) in [7, 11) is 0. The zero-order valence-corrected chi connectivity index (χ0v) is 16.9. The number of H-pyrrole nitrogens is 1. The molecule has 0 aliphatic carbocycles. The molecule has 0 saturated carbocycles. The standard InChI is InChI=1S/C20H25N5O3S/c1-2-10-22-20(29)24(13-15-9-6-11-28-15)16-17(21)25(19(27)23-18(16)26)12-14-7-4-3-5-8-14/h2-5,7-8,15H,1,6,9-13,21H2,(H,22,29)(H,23,26,27)/t15-/m0/s1. The number of ether oxygens (including phenoxy) is 1. The number of nitrogen functional groups attached to an aromatic ring is 1. The third kappa shape index (κ3) is 4.93. The van der Waals surface area contributed by atoms with Crippen molar-refractivity contribution in [1.29, 1.82) is 0 Å². The first-order valence-electron chi connectivity index (χ1n) is 9.45. The van der Waals surface area contributed by atoms with Crippen LogP contribution in [-0.4, -0.2) is 40.5 Å². The van der Waals surface area contributed by atoms with E-state index in [1.807, 2.05) is 30.3 Å². The minimum atomic E-state index is -0.586. The first kappa shape index (κ1) is 20.8. The molecular weight excluding hydrogens is 390 g/mol. The highest BCUT2D eigenvalue weighted by Gasteiger charge is 2.27. The molecule has 0 spiro atoms. The number of thiocarbonyl (C=S) groups is 1. The molecule has 1 aliphatic rings. The second-order valence-corrected chi connectivity index (χ2v) is 7.17. The van der Waals surface area contributed by atoms with Crippen molar-refractivity contribution in [3.05, 3.63) is 69.4 Å². The van der Waals surface area contributed by atoms with Gasteiger partial charge in [0.15, 0.2) is 10.8 Å². The Kier molecular flexibility index (Phi) is 6.84. The number of aromatic nitrogens is 2. The lowest BCUT2D eigenvalue weighted by Crippen LogP contribution is -2.48. The van der Waals surface area contributed by atoms with E-state index in [2.05, 4.69) is 16.9 Å². The molecule has 9 heteroatoms. The Morgan fingerprint density at radius 3 is 2.83 bits per heavy atom. The van der Waals surface area contributed by atoms with Crippen LogP contribution in [0.15, 0.2) is 52.6 Å². The molecule has 2 heterocycles. The van der Waals surface area contributed by atoms with E-state index in [0.29, 0.717) is 24.8 Å². The van der Waals surface area contributed by atoms with Crippen molar-refractivity contribution in [1.82, 2.24) is 14.9 Å². The minimum absolute atomic E-state index is 0.0587. The van der Waals surface area contributed by atoms with Gasteiger partial charge in [-0.2, -0.15) is 0 Å². The Morgan fingerprint density at radius 2 is 2.17 bits per heavy atom. The lowest BCUT2D eigenvalue weighted by atomic mass is 10.2. The van der Waals surface area contributed by atoms with Gasteiger partial charge in [0.1, 0.15) is 5.82 Å². The summed E-state index contributed by atoms with van der Waals surface area (Å²) < 4.78 is 7.06. The van der Waals surface area contributed by atoms with Crippen LogP contribution < -0.4 is 27.2 Å². The molecule has 1 aliphatic heterocycles. The van der Waals surface area contributed by atoms with Crippen LogP contribution in [0, 0.1) is 0 Å². The summed E-state index contributed by atoms with van der Waals surface area (Å²) >= 11 is 5.50. The van der Waals surface area contributed by atoms with Crippen LogP contribution in [0.3, 0.4) is 0 Å². The topological polar surface area (TPSA) is 105 Å². The van der Waals surface area contributed by atoms with Gasteiger partial charge in [0.05, 0.1) is 19.2 Å². The second-order valence-electron chi connectivity index (χ2n) is 6.79. The molecular formula is C20H25N5O3S. The monoisotopic (exact) mass is 415 g/mol. The van der Waals surface area contributed by atoms with E-state index in [-0.39, 0.29) is 24.2 Å². The number of nitrogens with two attached hydrogens (primary N) is 1. The van der Waals surface area contributed by atoms with Crippen LogP contribution in [0.2, 0.25) is 0 Å². The van der Waals surface area contributed by atoms with Gasteiger partial charge in [0, 0.05) is 13.2 Å². The summed E-state index contributed by atoms with van der Waals surface area (Å²) in [5.41, 5.74) is 6.20. The van der Waals surface area contributed by atoms with Crippen LogP contribution in [0.5, 0.6) is 0 Å². The Bertz CT molecular complexity index is 980. The first-order valence-corrected chi connectivity index (χ1v) is 9.86. The van der Waals surface area contributed by atoms with Crippen LogP contribution >= 0.6 is 12.2 Å². The van der Waals surface area contributed by atoms with E-state index in [4.69, 9.17) is 22.7 Å². The molecule has 29 heavy (non-hydrogen) atoms. The fourth-order valence-corrected chi connectivity index (χ4v) is 3.53. The fourth-order valence-electron chi connectivity index (χ4n) is 3.28. The number of nitrogens with one attached hydrogen (secondary N) is 2. The fraction of sp³-hybridized carbons (Fsp3) is 0.350. The van der Waals surface area contributed by atoms with Crippen LogP contribution in [0.1, 0.15) is 18.4 Å². The van der Waals surface area contributed by atoms with Gasteiger partial charge >= 0.3 is 5.69 Å². The molecule has 1 atom stereocenters.